The molecule has 7 heteroatoms. The van der Waals surface area contributed by atoms with Crippen molar-refractivity contribution in [3.63, 3.8) is 0 Å². The lowest BCUT2D eigenvalue weighted by Crippen LogP contribution is -2.28. The zero-order valence-corrected chi connectivity index (χ0v) is 17.9. The molecule has 0 aliphatic carbocycles. The Balaban J connectivity index is 1.64. The molecular formula is C20H21BrN4OS. The van der Waals surface area contributed by atoms with E-state index >= 15 is 0 Å². The van der Waals surface area contributed by atoms with E-state index in [0.717, 1.165) is 32.1 Å². The molecule has 3 aromatic rings. The SMILES string of the molecule is Cc1ccccc1-c1nnc(SCC(=O)N(C)Cc2ccccc2Br)n1C. The monoisotopic (exact) mass is 444 g/mol. The van der Waals surface area contributed by atoms with Crippen LogP contribution in [0.5, 0.6) is 0 Å². The molecule has 0 spiro atoms. The van der Waals surface area contributed by atoms with Gasteiger partial charge in [0.2, 0.25) is 5.91 Å². The van der Waals surface area contributed by atoms with Crippen molar-refractivity contribution in [3.05, 3.63) is 64.1 Å². The van der Waals surface area contributed by atoms with Crippen molar-refractivity contribution < 1.29 is 4.79 Å². The Morgan fingerprint density at radius 1 is 1.15 bits per heavy atom. The summed E-state index contributed by atoms with van der Waals surface area (Å²) in [4.78, 5) is 14.2. The molecule has 0 unspecified atom stereocenters. The van der Waals surface area contributed by atoms with Gasteiger partial charge in [-0.15, -0.1) is 10.2 Å². The Hall–Kier alpha value is -2.12. The molecule has 140 valence electrons. The van der Waals surface area contributed by atoms with Gasteiger partial charge >= 0.3 is 0 Å². The Morgan fingerprint density at radius 2 is 1.85 bits per heavy atom. The summed E-state index contributed by atoms with van der Waals surface area (Å²) >= 11 is 4.93. The Labute approximate surface area is 171 Å². The van der Waals surface area contributed by atoms with Crippen molar-refractivity contribution in [1.29, 1.82) is 0 Å². The number of nitrogens with zero attached hydrogens (tertiary/aromatic N) is 4. The number of benzene rings is 2. The highest BCUT2D eigenvalue weighted by Gasteiger charge is 2.16. The molecule has 0 aliphatic heterocycles. The third-order valence-corrected chi connectivity index (χ3v) is 6.12. The number of carbonyl (C=O) groups is 1. The number of halogens is 1. The molecule has 0 bridgehead atoms. The van der Waals surface area contributed by atoms with Crippen LogP contribution < -0.4 is 0 Å². The van der Waals surface area contributed by atoms with Gasteiger partial charge in [-0.3, -0.25) is 4.79 Å². The lowest BCUT2D eigenvalue weighted by Gasteiger charge is -2.17. The van der Waals surface area contributed by atoms with Gasteiger partial charge in [0.1, 0.15) is 0 Å². The molecule has 5 nitrogen and oxygen atoms in total. The highest BCUT2D eigenvalue weighted by molar-refractivity contribution is 9.10. The first-order valence-corrected chi connectivity index (χ1v) is 10.3. The molecule has 0 saturated carbocycles. The van der Waals surface area contributed by atoms with Gasteiger partial charge in [-0.05, 0) is 24.1 Å². The highest BCUT2D eigenvalue weighted by Crippen LogP contribution is 2.25. The summed E-state index contributed by atoms with van der Waals surface area (Å²) < 4.78 is 2.95. The van der Waals surface area contributed by atoms with E-state index in [0.29, 0.717) is 12.3 Å². The van der Waals surface area contributed by atoms with E-state index in [1.54, 1.807) is 4.90 Å². The molecule has 27 heavy (non-hydrogen) atoms. The zero-order valence-electron chi connectivity index (χ0n) is 15.5. The Kier molecular flexibility index (Phi) is 6.34. The number of carbonyl (C=O) groups excluding carboxylic acids is 1. The predicted octanol–water partition coefficient (Wildman–Crippen LogP) is 4.30. The number of hydrogen-bond acceptors (Lipinski definition) is 4. The highest BCUT2D eigenvalue weighted by atomic mass is 79.9. The maximum absolute atomic E-state index is 12.5. The largest absolute Gasteiger partial charge is 0.341 e. The van der Waals surface area contributed by atoms with Crippen molar-refractivity contribution in [3.8, 4) is 11.4 Å². The molecule has 2 aromatic carbocycles. The van der Waals surface area contributed by atoms with Gasteiger partial charge in [0.05, 0.1) is 5.75 Å². The molecule has 0 fully saturated rings. The average molecular weight is 445 g/mol. The van der Waals surface area contributed by atoms with Crippen LogP contribution in [0.15, 0.2) is 58.2 Å². The first kappa shape index (κ1) is 19.6. The molecule has 0 aliphatic rings. The maximum Gasteiger partial charge on any atom is 0.233 e. The number of aromatic nitrogens is 3. The number of hydrogen-bond donors (Lipinski definition) is 0. The topological polar surface area (TPSA) is 51.0 Å². The number of thioether (sulfide) groups is 1. The molecule has 0 saturated heterocycles. The molecule has 0 N–H and O–H groups in total. The predicted molar refractivity (Wildman–Crippen MR) is 113 cm³/mol. The van der Waals surface area contributed by atoms with Crippen LogP contribution in [0.2, 0.25) is 0 Å². The van der Waals surface area contributed by atoms with Gasteiger partial charge in [0.15, 0.2) is 11.0 Å². The van der Waals surface area contributed by atoms with Crippen LogP contribution >= 0.6 is 27.7 Å². The molecule has 1 heterocycles. The second-order valence-corrected chi connectivity index (χ2v) is 8.11. The van der Waals surface area contributed by atoms with Gasteiger partial charge < -0.3 is 9.47 Å². The minimum atomic E-state index is 0.0520. The lowest BCUT2D eigenvalue weighted by atomic mass is 10.1. The van der Waals surface area contributed by atoms with Crippen LogP contribution in [-0.2, 0) is 18.4 Å². The van der Waals surface area contributed by atoms with Gasteiger partial charge in [-0.25, -0.2) is 0 Å². The van der Waals surface area contributed by atoms with E-state index < -0.39 is 0 Å². The van der Waals surface area contributed by atoms with Gasteiger partial charge in [0.25, 0.3) is 0 Å². The summed E-state index contributed by atoms with van der Waals surface area (Å²) in [6.07, 6.45) is 0. The van der Waals surface area contributed by atoms with Gasteiger partial charge in [-0.2, -0.15) is 0 Å². The van der Waals surface area contributed by atoms with Crippen molar-refractivity contribution in [2.45, 2.75) is 18.6 Å². The van der Waals surface area contributed by atoms with E-state index in [9.17, 15) is 4.79 Å². The molecule has 0 atom stereocenters. The van der Waals surface area contributed by atoms with Crippen LogP contribution in [0, 0.1) is 6.92 Å². The van der Waals surface area contributed by atoms with Gasteiger partial charge in [0, 0.05) is 30.7 Å². The summed E-state index contributed by atoms with van der Waals surface area (Å²) in [7, 11) is 3.75. The zero-order chi connectivity index (χ0) is 19.4. The summed E-state index contributed by atoms with van der Waals surface area (Å²) in [5.74, 6) is 1.18. The summed E-state index contributed by atoms with van der Waals surface area (Å²) in [6, 6.07) is 16.0. The fourth-order valence-corrected chi connectivity index (χ4v) is 3.97. The van der Waals surface area contributed by atoms with E-state index in [1.807, 2.05) is 61.1 Å². The van der Waals surface area contributed by atoms with Crippen LogP contribution in [-0.4, -0.2) is 38.4 Å². The minimum absolute atomic E-state index is 0.0520. The third-order valence-electron chi connectivity index (χ3n) is 4.34. The van der Waals surface area contributed by atoms with E-state index in [2.05, 4.69) is 39.1 Å². The van der Waals surface area contributed by atoms with Crippen molar-refractivity contribution >= 4 is 33.6 Å². The first-order chi connectivity index (χ1) is 13.0. The summed E-state index contributed by atoms with van der Waals surface area (Å²) in [6.45, 7) is 2.62. The van der Waals surface area contributed by atoms with E-state index in [4.69, 9.17) is 0 Å². The third kappa shape index (κ3) is 4.59. The first-order valence-electron chi connectivity index (χ1n) is 8.53. The number of amides is 1. The van der Waals surface area contributed by atoms with Gasteiger partial charge in [-0.1, -0.05) is 70.2 Å². The van der Waals surface area contributed by atoms with Crippen LogP contribution in [0.4, 0.5) is 0 Å². The quantitative estimate of drug-likeness (QED) is 0.531. The average Bonchev–Trinajstić information content (AvgIpc) is 3.02. The van der Waals surface area contributed by atoms with Crippen LogP contribution in [0.1, 0.15) is 11.1 Å². The van der Waals surface area contributed by atoms with Crippen molar-refractivity contribution in [2.24, 2.45) is 7.05 Å². The second kappa shape index (κ2) is 8.71. The molecule has 1 aromatic heterocycles. The second-order valence-electron chi connectivity index (χ2n) is 6.31. The van der Waals surface area contributed by atoms with Crippen molar-refractivity contribution in [2.75, 3.05) is 12.8 Å². The van der Waals surface area contributed by atoms with Crippen LogP contribution in [0.3, 0.4) is 0 Å². The van der Waals surface area contributed by atoms with Crippen molar-refractivity contribution in [1.82, 2.24) is 19.7 Å². The summed E-state index contributed by atoms with van der Waals surface area (Å²) in [5, 5.41) is 9.30. The fourth-order valence-electron chi connectivity index (χ4n) is 2.71. The fraction of sp³-hybridized carbons (Fsp3) is 0.250. The summed E-state index contributed by atoms with van der Waals surface area (Å²) in [5.41, 5.74) is 3.28. The Bertz CT molecular complexity index is 957. The maximum atomic E-state index is 12.5. The minimum Gasteiger partial charge on any atom is -0.341 e. The standard InChI is InChI=1S/C20H21BrN4OS/c1-14-8-4-6-10-16(14)19-22-23-20(25(19)3)27-13-18(26)24(2)12-15-9-5-7-11-17(15)21/h4-11H,12-13H2,1-3H3. The Morgan fingerprint density at radius 3 is 2.59 bits per heavy atom. The lowest BCUT2D eigenvalue weighted by molar-refractivity contribution is -0.127. The van der Waals surface area contributed by atoms with Crippen LogP contribution in [0.25, 0.3) is 11.4 Å². The van der Waals surface area contributed by atoms with E-state index in [-0.39, 0.29) is 5.91 Å². The molecule has 0 radical (unpaired) electrons. The van der Waals surface area contributed by atoms with E-state index in [1.165, 1.54) is 11.8 Å². The number of rotatable bonds is 6. The molecular weight excluding hydrogens is 424 g/mol. The molecule has 1 amide bonds. The smallest absolute Gasteiger partial charge is 0.233 e. The molecule has 3 rings (SSSR count). The number of aryl methyl sites for hydroxylation is 1. The normalized spacial score (nSPS) is 10.8.